The minimum atomic E-state index is -0.424. The van der Waals surface area contributed by atoms with E-state index in [1.165, 1.54) is 28.7 Å². The van der Waals surface area contributed by atoms with Crippen LogP contribution < -0.4 is 10.1 Å². The van der Waals surface area contributed by atoms with Gasteiger partial charge in [0.1, 0.15) is 17.4 Å². The number of aryl methyl sites for hydroxylation is 2. The average molecular weight is 503 g/mol. The van der Waals surface area contributed by atoms with Gasteiger partial charge in [0, 0.05) is 11.4 Å². The van der Waals surface area contributed by atoms with E-state index in [2.05, 4.69) is 22.4 Å². The predicted octanol–water partition coefficient (Wildman–Crippen LogP) is 5.03. The zero-order chi connectivity index (χ0) is 24.7. The van der Waals surface area contributed by atoms with Gasteiger partial charge in [-0.15, -0.1) is 21.5 Å². The average Bonchev–Trinajstić information content (AvgIpc) is 3.35. The van der Waals surface area contributed by atoms with Gasteiger partial charge in [0.15, 0.2) is 11.0 Å². The van der Waals surface area contributed by atoms with Crippen molar-refractivity contribution in [2.45, 2.75) is 59.3 Å². The molecule has 0 unspecified atom stereocenters. The summed E-state index contributed by atoms with van der Waals surface area (Å²) in [6, 6.07) is 7.99. The Morgan fingerprint density at radius 3 is 2.50 bits per heavy atom. The Kier molecular flexibility index (Phi) is 9.12. The van der Waals surface area contributed by atoms with Gasteiger partial charge < -0.3 is 19.4 Å². The van der Waals surface area contributed by atoms with E-state index in [9.17, 15) is 9.59 Å². The fourth-order valence-electron chi connectivity index (χ4n) is 3.28. The highest BCUT2D eigenvalue weighted by Gasteiger charge is 2.22. The molecule has 1 aromatic carbocycles. The van der Waals surface area contributed by atoms with E-state index in [0.29, 0.717) is 28.1 Å². The number of esters is 1. The van der Waals surface area contributed by atoms with Crippen molar-refractivity contribution in [3.63, 3.8) is 0 Å². The maximum atomic E-state index is 12.6. The van der Waals surface area contributed by atoms with Crippen molar-refractivity contribution in [2.24, 2.45) is 0 Å². The Morgan fingerprint density at radius 2 is 1.85 bits per heavy atom. The molecule has 182 valence electrons. The van der Waals surface area contributed by atoms with E-state index < -0.39 is 5.97 Å². The number of hydrogen-bond donors (Lipinski definition) is 1. The lowest BCUT2D eigenvalue weighted by Crippen LogP contribution is -2.17. The summed E-state index contributed by atoms with van der Waals surface area (Å²) in [6.07, 6.45) is 0.981. The smallest absolute Gasteiger partial charge is 0.341 e. The van der Waals surface area contributed by atoms with Crippen molar-refractivity contribution in [1.82, 2.24) is 14.8 Å². The summed E-state index contributed by atoms with van der Waals surface area (Å²) in [5.74, 6) is 0.952. The summed E-state index contributed by atoms with van der Waals surface area (Å²) in [4.78, 5) is 25.9. The number of benzene rings is 1. The first-order valence-corrected chi connectivity index (χ1v) is 13.0. The van der Waals surface area contributed by atoms with Crippen LogP contribution in [0, 0.1) is 13.8 Å². The number of aromatic nitrogens is 3. The quantitative estimate of drug-likeness (QED) is 0.290. The van der Waals surface area contributed by atoms with Crippen LogP contribution in [-0.4, -0.2) is 39.0 Å². The van der Waals surface area contributed by atoms with Gasteiger partial charge in [0.05, 0.1) is 17.9 Å². The standard InChI is InChI=1S/C24H30N4O4S2/c1-6-17-9-11-18(12-10-17)32-13-19-26-27-24(28(19)7-2)33-14-20(29)25-22-21(23(30)31-8-3)15(4)16(5)34-22/h9-12H,6-8,13-14H2,1-5H3,(H,25,29). The maximum absolute atomic E-state index is 12.6. The van der Waals surface area contributed by atoms with Gasteiger partial charge in [-0.25, -0.2) is 4.79 Å². The Labute approximate surface area is 208 Å². The molecule has 1 amide bonds. The fourth-order valence-corrected chi connectivity index (χ4v) is 5.16. The van der Waals surface area contributed by atoms with Crippen LogP contribution in [0.1, 0.15) is 53.0 Å². The number of nitrogens with one attached hydrogen (secondary N) is 1. The number of thioether (sulfide) groups is 1. The molecule has 0 bridgehead atoms. The number of anilines is 1. The minimum absolute atomic E-state index is 0.135. The zero-order valence-corrected chi connectivity index (χ0v) is 21.8. The monoisotopic (exact) mass is 502 g/mol. The van der Waals surface area contributed by atoms with Crippen LogP contribution in [0.4, 0.5) is 5.00 Å². The van der Waals surface area contributed by atoms with Gasteiger partial charge in [-0.05, 0) is 57.4 Å². The van der Waals surface area contributed by atoms with E-state index in [1.54, 1.807) is 6.92 Å². The highest BCUT2D eigenvalue weighted by Crippen LogP contribution is 2.33. The van der Waals surface area contributed by atoms with Gasteiger partial charge in [0.25, 0.3) is 0 Å². The predicted molar refractivity (Wildman–Crippen MR) is 135 cm³/mol. The fraction of sp³-hybridized carbons (Fsp3) is 0.417. The first kappa shape index (κ1) is 25.8. The summed E-state index contributed by atoms with van der Waals surface area (Å²) >= 11 is 2.66. The summed E-state index contributed by atoms with van der Waals surface area (Å²) < 4.78 is 12.9. The van der Waals surface area contributed by atoms with Crippen LogP contribution in [0.2, 0.25) is 0 Å². The molecular formula is C24H30N4O4S2. The van der Waals surface area contributed by atoms with Crippen LogP contribution in [-0.2, 0) is 29.1 Å². The molecule has 1 N–H and O–H groups in total. The maximum Gasteiger partial charge on any atom is 0.341 e. The van der Waals surface area contributed by atoms with Gasteiger partial charge in [0.2, 0.25) is 5.91 Å². The Balaban J connectivity index is 1.61. The molecule has 0 aliphatic carbocycles. The Hall–Kier alpha value is -2.85. The third-order valence-corrected chi connectivity index (χ3v) is 7.35. The third kappa shape index (κ3) is 6.18. The number of thiophene rings is 1. The van der Waals surface area contributed by atoms with E-state index in [0.717, 1.165) is 22.6 Å². The Bertz CT molecular complexity index is 1140. The van der Waals surface area contributed by atoms with Gasteiger partial charge in [-0.3, -0.25) is 4.79 Å². The van der Waals surface area contributed by atoms with Crippen molar-refractivity contribution in [3.05, 3.63) is 51.7 Å². The van der Waals surface area contributed by atoms with Crippen LogP contribution in [0.15, 0.2) is 29.4 Å². The SMILES string of the molecule is CCOC(=O)c1c(NC(=O)CSc2nnc(COc3ccc(CC)cc3)n2CC)sc(C)c1C. The summed E-state index contributed by atoms with van der Waals surface area (Å²) in [7, 11) is 0. The van der Waals surface area contributed by atoms with Crippen LogP contribution >= 0.6 is 23.1 Å². The second-order valence-corrected chi connectivity index (χ2v) is 9.64. The molecule has 0 fully saturated rings. The second-order valence-electron chi connectivity index (χ2n) is 7.47. The lowest BCUT2D eigenvalue weighted by molar-refractivity contribution is -0.113. The number of hydrogen-bond acceptors (Lipinski definition) is 8. The summed E-state index contributed by atoms with van der Waals surface area (Å²) in [6.45, 7) is 10.9. The summed E-state index contributed by atoms with van der Waals surface area (Å²) in [5, 5.41) is 12.5. The number of ether oxygens (including phenoxy) is 2. The lowest BCUT2D eigenvalue weighted by atomic mass is 10.1. The van der Waals surface area contributed by atoms with Crippen LogP contribution in [0.25, 0.3) is 0 Å². The first-order valence-electron chi connectivity index (χ1n) is 11.2. The number of carbonyl (C=O) groups excluding carboxylic acids is 2. The zero-order valence-electron chi connectivity index (χ0n) is 20.1. The van der Waals surface area contributed by atoms with Crippen molar-refractivity contribution < 1.29 is 19.1 Å². The van der Waals surface area contributed by atoms with E-state index in [-0.39, 0.29) is 24.9 Å². The third-order valence-electron chi connectivity index (χ3n) is 5.26. The largest absolute Gasteiger partial charge is 0.486 e. The van der Waals surface area contributed by atoms with Crippen LogP contribution in [0.5, 0.6) is 5.75 Å². The first-order chi connectivity index (χ1) is 16.4. The molecule has 0 aliphatic rings. The molecule has 34 heavy (non-hydrogen) atoms. The van der Waals surface area contributed by atoms with E-state index in [4.69, 9.17) is 9.47 Å². The molecule has 10 heteroatoms. The molecule has 2 aromatic heterocycles. The van der Waals surface area contributed by atoms with Crippen molar-refractivity contribution in [1.29, 1.82) is 0 Å². The topological polar surface area (TPSA) is 95.3 Å². The van der Waals surface area contributed by atoms with Crippen LogP contribution in [0.3, 0.4) is 0 Å². The minimum Gasteiger partial charge on any atom is -0.486 e. The molecule has 0 atom stereocenters. The second kappa shape index (κ2) is 12.0. The molecule has 0 aliphatic heterocycles. The highest BCUT2D eigenvalue weighted by atomic mass is 32.2. The molecule has 2 heterocycles. The highest BCUT2D eigenvalue weighted by molar-refractivity contribution is 7.99. The number of rotatable bonds is 11. The van der Waals surface area contributed by atoms with Gasteiger partial charge in [-0.1, -0.05) is 30.8 Å². The molecule has 0 saturated carbocycles. The van der Waals surface area contributed by atoms with Crippen molar-refractivity contribution in [3.8, 4) is 5.75 Å². The number of amides is 1. The van der Waals surface area contributed by atoms with Crippen molar-refractivity contribution in [2.75, 3.05) is 17.7 Å². The number of nitrogens with zero attached hydrogens (tertiary/aromatic N) is 3. The molecule has 8 nitrogen and oxygen atoms in total. The molecule has 3 aromatic rings. The van der Waals surface area contributed by atoms with E-state index >= 15 is 0 Å². The van der Waals surface area contributed by atoms with Gasteiger partial charge >= 0.3 is 5.97 Å². The van der Waals surface area contributed by atoms with E-state index in [1.807, 2.05) is 49.6 Å². The normalized spacial score (nSPS) is 10.9. The molecular weight excluding hydrogens is 472 g/mol. The van der Waals surface area contributed by atoms with Gasteiger partial charge in [-0.2, -0.15) is 0 Å². The Morgan fingerprint density at radius 1 is 1.12 bits per heavy atom. The number of carbonyl (C=O) groups is 2. The molecule has 0 radical (unpaired) electrons. The molecule has 0 saturated heterocycles. The van der Waals surface area contributed by atoms with Crippen molar-refractivity contribution >= 4 is 40.0 Å². The lowest BCUT2D eigenvalue weighted by Gasteiger charge is -2.10. The summed E-state index contributed by atoms with van der Waals surface area (Å²) in [5.41, 5.74) is 2.50. The molecule has 3 rings (SSSR count). The molecule has 0 spiro atoms.